The maximum absolute atomic E-state index is 13.4. The molecular formula is C21H22IN3O5S. The van der Waals surface area contributed by atoms with Crippen molar-refractivity contribution in [1.82, 2.24) is 9.37 Å². The Morgan fingerprint density at radius 1 is 1.23 bits per heavy atom. The SMILES string of the molecule is C=CCON(C1C=C(I)CN(Cc2ccccc2)C1)S(=O)(=O)c1ccccc1[N+](=O)[O-]. The molecule has 164 valence electrons. The summed E-state index contributed by atoms with van der Waals surface area (Å²) < 4.78 is 28.7. The number of halogens is 1. The fourth-order valence-electron chi connectivity index (χ4n) is 3.34. The summed E-state index contributed by atoms with van der Waals surface area (Å²) in [7, 11) is -4.32. The summed E-state index contributed by atoms with van der Waals surface area (Å²) in [6.07, 6.45) is 3.25. The number of rotatable bonds is 9. The Balaban J connectivity index is 1.95. The first-order valence-corrected chi connectivity index (χ1v) is 12.0. The molecule has 0 radical (unpaired) electrons. The zero-order valence-electron chi connectivity index (χ0n) is 16.6. The topological polar surface area (TPSA) is 93.0 Å². The summed E-state index contributed by atoms with van der Waals surface area (Å²) >= 11 is 2.18. The minimum Gasteiger partial charge on any atom is -0.292 e. The van der Waals surface area contributed by atoms with E-state index in [-0.39, 0.29) is 6.61 Å². The number of para-hydroxylation sites is 1. The summed E-state index contributed by atoms with van der Waals surface area (Å²) in [4.78, 5) is 18.0. The van der Waals surface area contributed by atoms with Crippen molar-refractivity contribution in [1.29, 1.82) is 0 Å². The molecule has 1 atom stereocenters. The van der Waals surface area contributed by atoms with Crippen LogP contribution in [-0.2, 0) is 21.4 Å². The molecule has 0 saturated carbocycles. The van der Waals surface area contributed by atoms with Crippen LogP contribution in [0.5, 0.6) is 0 Å². The minimum atomic E-state index is -4.32. The highest BCUT2D eigenvalue weighted by Gasteiger charge is 2.38. The first-order chi connectivity index (χ1) is 14.8. The molecule has 0 N–H and O–H groups in total. The number of nitro groups is 1. The molecule has 31 heavy (non-hydrogen) atoms. The molecule has 0 fully saturated rings. The number of nitrogens with zero attached hydrogens (tertiary/aromatic N) is 3. The van der Waals surface area contributed by atoms with Crippen LogP contribution < -0.4 is 0 Å². The maximum atomic E-state index is 13.4. The molecule has 1 aliphatic heterocycles. The molecular weight excluding hydrogens is 533 g/mol. The van der Waals surface area contributed by atoms with Gasteiger partial charge in [-0.1, -0.05) is 59.1 Å². The van der Waals surface area contributed by atoms with E-state index in [4.69, 9.17) is 4.84 Å². The van der Waals surface area contributed by atoms with Gasteiger partial charge in [-0.05, 0) is 34.2 Å². The van der Waals surface area contributed by atoms with E-state index in [1.165, 1.54) is 30.3 Å². The van der Waals surface area contributed by atoms with Crippen LogP contribution in [0, 0.1) is 10.1 Å². The zero-order valence-corrected chi connectivity index (χ0v) is 19.6. The number of hydrogen-bond donors (Lipinski definition) is 0. The van der Waals surface area contributed by atoms with Gasteiger partial charge in [0.1, 0.15) is 0 Å². The third-order valence-electron chi connectivity index (χ3n) is 4.61. The molecule has 0 aliphatic carbocycles. The van der Waals surface area contributed by atoms with Gasteiger partial charge in [-0.25, -0.2) is 8.42 Å². The van der Waals surface area contributed by atoms with E-state index < -0.39 is 31.6 Å². The Bertz CT molecular complexity index is 1080. The molecule has 2 aromatic carbocycles. The predicted molar refractivity (Wildman–Crippen MR) is 126 cm³/mol. The zero-order chi connectivity index (χ0) is 22.4. The normalized spacial score (nSPS) is 17.4. The highest BCUT2D eigenvalue weighted by Crippen LogP contribution is 2.30. The van der Waals surface area contributed by atoms with E-state index in [1.54, 1.807) is 0 Å². The number of hydroxylamine groups is 1. The predicted octanol–water partition coefficient (Wildman–Crippen LogP) is 3.91. The first-order valence-electron chi connectivity index (χ1n) is 9.47. The third-order valence-corrected chi connectivity index (χ3v) is 7.06. The van der Waals surface area contributed by atoms with Gasteiger partial charge in [-0.15, -0.1) is 6.58 Å². The van der Waals surface area contributed by atoms with Gasteiger partial charge in [0.05, 0.1) is 17.6 Å². The number of nitro benzene ring substituents is 1. The number of sulfonamides is 1. The summed E-state index contributed by atoms with van der Waals surface area (Å²) in [6, 6.07) is 14.5. The van der Waals surface area contributed by atoms with Crippen molar-refractivity contribution in [2.45, 2.75) is 17.5 Å². The van der Waals surface area contributed by atoms with Gasteiger partial charge in [0, 0.05) is 29.3 Å². The standard InChI is InChI=1S/C21H22IN3O5S/c1-2-12-30-25(31(28,29)21-11-7-6-10-20(21)24(26)27)19-13-18(22)15-23(16-19)14-17-8-4-3-5-9-17/h2-11,13,19H,1,12,14-16H2. The van der Waals surface area contributed by atoms with Gasteiger partial charge in [-0.3, -0.25) is 19.9 Å². The van der Waals surface area contributed by atoms with E-state index in [9.17, 15) is 18.5 Å². The lowest BCUT2D eigenvalue weighted by atomic mass is 10.1. The van der Waals surface area contributed by atoms with Crippen molar-refractivity contribution in [2.75, 3.05) is 19.7 Å². The van der Waals surface area contributed by atoms with Crippen LogP contribution in [0.1, 0.15) is 5.56 Å². The average Bonchev–Trinajstić information content (AvgIpc) is 2.74. The molecule has 0 bridgehead atoms. The highest BCUT2D eigenvalue weighted by molar-refractivity contribution is 14.1. The van der Waals surface area contributed by atoms with Crippen molar-refractivity contribution < 1.29 is 18.2 Å². The molecule has 0 spiro atoms. The summed E-state index contributed by atoms with van der Waals surface area (Å²) in [6.45, 7) is 5.21. The second-order valence-electron chi connectivity index (χ2n) is 6.91. The van der Waals surface area contributed by atoms with Crippen LogP contribution in [-0.4, -0.2) is 48.4 Å². The Labute approximate surface area is 195 Å². The third kappa shape index (κ3) is 5.77. The fraction of sp³-hybridized carbons (Fsp3) is 0.238. The molecule has 0 saturated heterocycles. The second-order valence-corrected chi connectivity index (χ2v) is 10.0. The summed E-state index contributed by atoms with van der Waals surface area (Å²) in [5, 5.41) is 11.4. The Kier molecular flexibility index (Phi) is 7.94. The fourth-order valence-corrected chi connectivity index (χ4v) is 5.77. The van der Waals surface area contributed by atoms with Crippen LogP contribution in [0.2, 0.25) is 0 Å². The molecule has 10 heteroatoms. The number of benzene rings is 2. The van der Waals surface area contributed by atoms with Gasteiger partial charge in [0.2, 0.25) is 0 Å². The van der Waals surface area contributed by atoms with Crippen LogP contribution in [0.4, 0.5) is 5.69 Å². The van der Waals surface area contributed by atoms with Crippen LogP contribution >= 0.6 is 22.6 Å². The van der Waals surface area contributed by atoms with Crippen molar-refractivity contribution in [3.05, 3.63) is 92.6 Å². The lowest BCUT2D eigenvalue weighted by molar-refractivity contribution is -0.387. The lowest BCUT2D eigenvalue weighted by Crippen LogP contribution is -2.48. The highest BCUT2D eigenvalue weighted by atomic mass is 127. The largest absolute Gasteiger partial charge is 0.292 e. The molecule has 1 aliphatic rings. The minimum absolute atomic E-state index is 0.0561. The molecule has 1 unspecified atom stereocenters. The number of hydrogen-bond acceptors (Lipinski definition) is 6. The molecule has 0 aromatic heterocycles. The summed E-state index contributed by atoms with van der Waals surface area (Å²) in [5.41, 5.74) is 0.609. The Morgan fingerprint density at radius 2 is 1.90 bits per heavy atom. The van der Waals surface area contributed by atoms with E-state index in [0.717, 1.165) is 13.6 Å². The van der Waals surface area contributed by atoms with Crippen molar-refractivity contribution in [3.63, 3.8) is 0 Å². The Hall–Kier alpha value is -2.12. The van der Waals surface area contributed by atoms with Gasteiger partial charge in [-0.2, -0.15) is 0 Å². The van der Waals surface area contributed by atoms with Gasteiger partial charge in [0.15, 0.2) is 4.90 Å². The maximum Gasteiger partial charge on any atom is 0.289 e. The van der Waals surface area contributed by atoms with Gasteiger partial charge >= 0.3 is 0 Å². The molecule has 8 nitrogen and oxygen atoms in total. The average molecular weight is 555 g/mol. The van der Waals surface area contributed by atoms with Crippen LogP contribution in [0.3, 0.4) is 0 Å². The van der Waals surface area contributed by atoms with E-state index >= 15 is 0 Å². The van der Waals surface area contributed by atoms with E-state index in [1.807, 2.05) is 36.4 Å². The molecule has 3 rings (SSSR count). The first kappa shape index (κ1) is 23.5. The van der Waals surface area contributed by atoms with E-state index in [2.05, 4.69) is 34.1 Å². The smallest absolute Gasteiger partial charge is 0.289 e. The van der Waals surface area contributed by atoms with Crippen LogP contribution in [0.15, 0.2) is 81.8 Å². The molecule has 1 heterocycles. The molecule has 0 amide bonds. The lowest BCUT2D eigenvalue weighted by Gasteiger charge is -2.35. The second kappa shape index (κ2) is 10.5. The van der Waals surface area contributed by atoms with Gasteiger partial charge < -0.3 is 0 Å². The monoisotopic (exact) mass is 555 g/mol. The van der Waals surface area contributed by atoms with E-state index in [0.29, 0.717) is 19.6 Å². The van der Waals surface area contributed by atoms with Crippen molar-refractivity contribution >= 4 is 38.3 Å². The molecule has 2 aromatic rings. The van der Waals surface area contributed by atoms with Crippen molar-refractivity contribution in [3.8, 4) is 0 Å². The Morgan fingerprint density at radius 3 is 2.58 bits per heavy atom. The van der Waals surface area contributed by atoms with Crippen molar-refractivity contribution in [2.24, 2.45) is 0 Å². The summed E-state index contributed by atoms with van der Waals surface area (Å²) in [5.74, 6) is 0. The van der Waals surface area contributed by atoms with Crippen LogP contribution in [0.25, 0.3) is 0 Å². The van der Waals surface area contributed by atoms with Gasteiger partial charge in [0.25, 0.3) is 15.7 Å². The quantitative estimate of drug-likeness (QED) is 0.202.